The Bertz CT molecular complexity index is 634. The summed E-state index contributed by atoms with van der Waals surface area (Å²) in [5, 5.41) is 13.3. The maximum absolute atomic E-state index is 12.8. The minimum atomic E-state index is -4.44. The maximum atomic E-state index is 12.8. The van der Waals surface area contributed by atoms with Crippen LogP contribution in [0.5, 0.6) is 0 Å². The van der Waals surface area contributed by atoms with E-state index < -0.39 is 23.4 Å². The van der Waals surface area contributed by atoms with E-state index in [4.69, 9.17) is 0 Å². The number of aliphatic hydroxyl groups is 1. The van der Waals surface area contributed by atoms with Crippen molar-refractivity contribution in [2.45, 2.75) is 56.7 Å². The number of amides is 2. The highest BCUT2D eigenvalue weighted by Crippen LogP contribution is 2.36. The van der Waals surface area contributed by atoms with Gasteiger partial charge < -0.3 is 15.3 Å². The second-order valence-electron chi connectivity index (χ2n) is 7.57. The predicted octanol–water partition coefficient (Wildman–Crippen LogP) is 4.64. The number of carbonyl (C=O) groups is 1. The zero-order chi connectivity index (χ0) is 18.8. The molecule has 26 heavy (non-hydrogen) atoms. The van der Waals surface area contributed by atoms with Gasteiger partial charge in [0.25, 0.3) is 0 Å². The first-order chi connectivity index (χ1) is 12.3. The summed E-state index contributed by atoms with van der Waals surface area (Å²) < 4.78 is 38.3. The molecule has 2 N–H and O–H groups in total. The number of alkyl halides is 3. The zero-order valence-corrected chi connectivity index (χ0v) is 14.7. The van der Waals surface area contributed by atoms with Gasteiger partial charge in [-0.25, -0.2) is 4.79 Å². The lowest BCUT2D eigenvalue weighted by molar-refractivity contribution is -0.137. The lowest BCUT2D eigenvalue weighted by atomic mass is 9.82. The molecule has 4 nitrogen and oxygen atoms in total. The summed E-state index contributed by atoms with van der Waals surface area (Å²) in [6, 6.07) is 4.19. The summed E-state index contributed by atoms with van der Waals surface area (Å²) >= 11 is 0. The number of nitrogens with one attached hydrogen (secondary N) is 1. The third-order valence-electron chi connectivity index (χ3n) is 5.57. The number of benzene rings is 1. The Kier molecular flexibility index (Phi) is 5.46. The molecule has 1 saturated carbocycles. The zero-order valence-electron chi connectivity index (χ0n) is 14.7. The summed E-state index contributed by atoms with van der Waals surface area (Å²) in [5.41, 5.74) is -1.39. The predicted molar refractivity (Wildman–Crippen MR) is 92.8 cm³/mol. The monoisotopic (exact) mass is 370 g/mol. The first-order valence-corrected chi connectivity index (χ1v) is 9.21. The largest absolute Gasteiger partial charge is 0.416 e. The highest BCUT2D eigenvalue weighted by Gasteiger charge is 2.36. The van der Waals surface area contributed by atoms with Crippen LogP contribution in [0.15, 0.2) is 24.3 Å². The molecule has 2 amide bonds. The van der Waals surface area contributed by atoms with Gasteiger partial charge in [0.1, 0.15) is 0 Å². The topological polar surface area (TPSA) is 52.6 Å². The Morgan fingerprint density at radius 2 is 1.88 bits per heavy atom. The van der Waals surface area contributed by atoms with Gasteiger partial charge in [0.15, 0.2) is 0 Å². The van der Waals surface area contributed by atoms with Crippen LogP contribution in [-0.4, -0.2) is 34.7 Å². The van der Waals surface area contributed by atoms with Crippen molar-refractivity contribution in [1.82, 2.24) is 4.90 Å². The maximum Gasteiger partial charge on any atom is 0.416 e. The molecular formula is C19H25F3N2O2. The average molecular weight is 370 g/mol. The van der Waals surface area contributed by atoms with Crippen LogP contribution in [0.4, 0.5) is 23.7 Å². The standard InChI is InChI=1S/C19H25F3N2O2/c20-19(21,22)15-6-3-7-16(12-15)23-17(25)24-10-8-18(26,9-11-24)13-14-4-1-2-5-14/h3,6-7,12,14,26H,1-2,4-5,8-11,13H2,(H,23,25). The smallest absolute Gasteiger partial charge is 0.390 e. The quantitative estimate of drug-likeness (QED) is 0.814. The molecule has 144 valence electrons. The number of carbonyl (C=O) groups excluding carboxylic acids is 1. The number of anilines is 1. The lowest BCUT2D eigenvalue weighted by Crippen LogP contribution is -2.48. The van der Waals surface area contributed by atoms with E-state index in [1.165, 1.54) is 37.8 Å². The molecule has 1 heterocycles. The van der Waals surface area contributed by atoms with Gasteiger partial charge in [0.05, 0.1) is 11.2 Å². The fourth-order valence-corrected chi connectivity index (χ4v) is 4.06. The number of urea groups is 1. The molecule has 2 aliphatic rings. The second-order valence-corrected chi connectivity index (χ2v) is 7.57. The van der Waals surface area contributed by atoms with Crippen LogP contribution in [0.2, 0.25) is 0 Å². The fraction of sp³-hybridized carbons (Fsp3) is 0.632. The highest BCUT2D eigenvalue weighted by molar-refractivity contribution is 5.89. The summed E-state index contributed by atoms with van der Waals surface area (Å²) in [7, 11) is 0. The fourth-order valence-electron chi connectivity index (χ4n) is 4.06. The van der Waals surface area contributed by atoms with E-state index in [-0.39, 0.29) is 5.69 Å². The van der Waals surface area contributed by atoms with Crippen LogP contribution < -0.4 is 5.32 Å². The van der Waals surface area contributed by atoms with E-state index in [0.717, 1.165) is 18.6 Å². The van der Waals surface area contributed by atoms with E-state index in [1.807, 2.05) is 0 Å². The van der Waals surface area contributed by atoms with Crippen LogP contribution in [0.3, 0.4) is 0 Å². The van der Waals surface area contributed by atoms with Crippen molar-refractivity contribution in [3.05, 3.63) is 29.8 Å². The van der Waals surface area contributed by atoms with Gasteiger partial charge in [-0.2, -0.15) is 13.2 Å². The van der Waals surface area contributed by atoms with Crippen LogP contribution >= 0.6 is 0 Å². The van der Waals surface area contributed by atoms with Gasteiger partial charge in [0, 0.05) is 18.8 Å². The van der Waals surface area contributed by atoms with Crippen molar-refractivity contribution in [3.63, 3.8) is 0 Å². The highest BCUT2D eigenvalue weighted by atomic mass is 19.4. The number of hydrogen-bond acceptors (Lipinski definition) is 2. The Morgan fingerprint density at radius 3 is 2.50 bits per heavy atom. The van der Waals surface area contributed by atoms with E-state index in [9.17, 15) is 23.1 Å². The van der Waals surface area contributed by atoms with Crippen molar-refractivity contribution in [2.75, 3.05) is 18.4 Å². The number of halogens is 3. The number of likely N-dealkylation sites (tertiary alicyclic amines) is 1. The van der Waals surface area contributed by atoms with Crippen molar-refractivity contribution in [2.24, 2.45) is 5.92 Å². The SMILES string of the molecule is O=C(Nc1cccc(C(F)(F)F)c1)N1CCC(O)(CC2CCCC2)CC1. The van der Waals surface area contributed by atoms with Crippen LogP contribution in [0.25, 0.3) is 0 Å². The van der Waals surface area contributed by atoms with E-state index in [2.05, 4.69) is 5.32 Å². The third-order valence-corrected chi connectivity index (χ3v) is 5.57. The summed E-state index contributed by atoms with van der Waals surface area (Å²) in [4.78, 5) is 13.9. The van der Waals surface area contributed by atoms with Gasteiger partial charge in [-0.15, -0.1) is 0 Å². The lowest BCUT2D eigenvalue weighted by Gasteiger charge is -2.39. The molecule has 1 aromatic rings. The van der Waals surface area contributed by atoms with Crippen molar-refractivity contribution in [1.29, 1.82) is 0 Å². The average Bonchev–Trinajstić information content (AvgIpc) is 3.07. The van der Waals surface area contributed by atoms with E-state index in [1.54, 1.807) is 4.90 Å². The Labute approximate surface area is 151 Å². The van der Waals surface area contributed by atoms with Crippen LogP contribution in [-0.2, 0) is 6.18 Å². The van der Waals surface area contributed by atoms with E-state index in [0.29, 0.717) is 31.8 Å². The van der Waals surface area contributed by atoms with Gasteiger partial charge in [0.2, 0.25) is 0 Å². The first kappa shape index (κ1) is 19.0. The van der Waals surface area contributed by atoms with Gasteiger partial charge in [-0.05, 0) is 43.4 Å². The summed E-state index contributed by atoms with van der Waals surface area (Å²) in [5.74, 6) is 0.575. The molecule has 7 heteroatoms. The number of piperidine rings is 1. The van der Waals surface area contributed by atoms with Crippen LogP contribution in [0, 0.1) is 5.92 Å². The summed E-state index contributed by atoms with van der Waals surface area (Å²) in [6.07, 6.45) is 2.17. The van der Waals surface area contributed by atoms with Crippen molar-refractivity contribution >= 4 is 11.7 Å². The second kappa shape index (κ2) is 7.47. The molecule has 0 unspecified atom stereocenters. The number of hydrogen-bond donors (Lipinski definition) is 2. The van der Waals surface area contributed by atoms with E-state index >= 15 is 0 Å². The van der Waals surface area contributed by atoms with Crippen LogP contribution in [0.1, 0.15) is 50.5 Å². The summed E-state index contributed by atoms with van der Waals surface area (Å²) in [6.45, 7) is 0.821. The number of nitrogens with zero attached hydrogens (tertiary/aromatic N) is 1. The van der Waals surface area contributed by atoms with Gasteiger partial charge in [-0.1, -0.05) is 31.7 Å². The van der Waals surface area contributed by atoms with Gasteiger partial charge in [-0.3, -0.25) is 0 Å². The molecule has 0 bridgehead atoms. The third kappa shape index (κ3) is 4.69. The molecule has 2 fully saturated rings. The molecule has 0 aromatic heterocycles. The molecular weight excluding hydrogens is 345 g/mol. The van der Waals surface area contributed by atoms with Crippen molar-refractivity contribution in [3.8, 4) is 0 Å². The molecule has 1 aliphatic heterocycles. The minimum absolute atomic E-state index is 0.122. The molecule has 1 saturated heterocycles. The molecule has 1 aliphatic carbocycles. The molecule has 0 spiro atoms. The molecule has 1 aromatic carbocycles. The Morgan fingerprint density at radius 1 is 1.23 bits per heavy atom. The Balaban J connectivity index is 1.54. The first-order valence-electron chi connectivity index (χ1n) is 9.21. The normalized spacial score (nSPS) is 21.0. The molecule has 3 rings (SSSR count). The minimum Gasteiger partial charge on any atom is -0.390 e. The number of rotatable bonds is 3. The van der Waals surface area contributed by atoms with Crippen molar-refractivity contribution < 1.29 is 23.1 Å². The molecule has 0 atom stereocenters. The molecule has 0 radical (unpaired) electrons. The Hall–Kier alpha value is -1.76. The van der Waals surface area contributed by atoms with Gasteiger partial charge >= 0.3 is 12.2 Å².